The van der Waals surface area contributed by atoms with Crippen LogP contribution in [0.25, 0.3) is 49.4 Å². The van der Waals surface area contributed by atoms with Crippen LogP contribution >= 0.6 is 0 Å². The number of para-hydroxylation sites is 2. The van der Waals surface area contributed by atoms with Crippen LogP contribution in [-0.4, -0.2) is 4.57 Å². The molecule has 0 saturated carbocycles. The molecule has 0 N–H and O–H groups in total. The van der Waals surface area contributed by atoms with Crippen LogP contribution < -0.4 is 0 Å². The zero-order chi connectivity index (χ0) is 31.2. The molecule has 8 aromatic rings. The molecule has 0 saturated heterocycles. The van der Waals surface area contributed by atoms with Crippen molar-refractivity contribution in [1.82, 2.24) is 4.57 Å². The summed E-state index contributed by atoms with van der Waals surface area (Å²) in [6, 6.07) is 58.1. The third-order valence-electron chi connectivity index (χ3n) is 8.25. The van der Waals surface area contributed by atoms with Crippen LogP contribution in [0.2, 0.25) is 0 Å². The fraction of sp³-hybridized carbons (Fsp3) is 0.0909. The molecule has 8 rings (SSSR count). The van der Waals surface area contributed by atoms with E-state index in [2.05, 4.69) is 178 Å². The Bertz CT molecular complexity index is 2170. The SMILES string of the molecule is Cc1ccc(-c2ccc3c(c2)c2ccccc2n3-c2ccccc2)c2ccccc12.Cc1cccc(C)c1.Cc1ccccc1. The van der Waals surface area contributed by atoms with E-state index in [1.807, 2.05) is 18.2 Å². The maximum absolute atomic E-state index is 2.36. The van der Waals surface area contributed by atoms with E-state index in [0.29, 0.717) is 0 Å². The van der Waals surface area contributed by atoms with Crippen molar-refractivity contribution in [2.75, 3.05) is 0 Å². The average Bonchev–Trinajstić information content (AvgIpc) is 3.40. The predicted octanol–water partition coefficient (Wildman–Crippen LogP) is 12.2. The Hall–Kier alpha value is -5.40. The molecule has 1 aromatic heterocycles. The molecule has 45 heavy (non-hydrogen) atoms. The van der Waals surface area contributed by atoms with E-state index < -0.39 is 0 Å². The van der Waals surface area contributed by atoms with E-state index in [9.17, 15) is 0 Å². The zero-order valence-electron chi connectivity index (χ0n) is 26.5. The van der Waals surface area contributed by atoms with Crippen molar-refractivity contribution < 1.29 is 0 Å². The van der Waals surface area contributed by atoms with Gasteiger partial charge < -0.3 is 4.57 Å². The molecule has 1 heterocycles. The minimum Gasteiger partial charge on any atom is -0.309 e. The van der Waals surface area contributed by atoms with Crippen LogP contribution in [0, 0.1) is 27.7 Å². The van der Waals surface area contributed by atoms with Crippen LogP contribution in [0.3, 0.4) is 0 Å². The van der Waals surface area contributed by atoms with Crippen molar-refractivity contribution in [3.05, 3.63) is 186 Å². The smallest absolute Gasteiger partial charge is 0.0541 e. The molecule has 0 amide bonds. The fourth-order valence-corrected chi connectivity index (χ4v) is 6.04. The van der Waals surface area contributed by atoms with E-state index >= 15 is 0 Å². The molecule has 0 bridgehead atoms. The largest absolute Gasteiger partial charge is 0.309 e. The first-order valence-electron chi connectivity index (χ1n) is 15.6. The fourth-order valence-electron chi connectivity index (χ4n) is 6.04. The van der Waals surface area contributed by atoms with Gasteiger partial charge in [0.1, 0.15) is 0 Å². The lowest BCUT2D eigenvalue weighted by Gasteiger charge is -2.11. The topological polar surface area (TPSA) is 4.93 Å². The summed E-state index contributed by atoms with van der Waals surface area (Å²) in [5, 5.41) is 5.21. The summed E-state index contributed by atoms with van der Waals surface area (Å²) < 4.78 is 2.36. The van der Waals surface area contributed by atoms with E-state index in [-0.39, 0.29) is 0 Å². The summed E-state index contributed by atoms with van der Waals surface area (Å²) in [4.78, 5) is 0. The molecule has 1 heteroatoms. The lowest BCUT2D eigenvalue weighted by atomic mass is 9.94. The molecule has 0 fully saturated rings. The lowest BCUT2D eigenvalue weighted by Crippen LogP contribution is -1.92. The lowest BCUT2D eigenvalue weighted by molar-refractivity contribution is 1.18. The summed E-state index contributed by atoms with van der Waals surface area (Å²) in [6.07, 6.45) is 0. The number of aryl methyl sites for hydroxylation is 4. The van der Waals surface area contributed by atoms with Gasteiger partial charge in [-0.25, -0.2) is 0 Å². The molecule has 1 nitrogen and oxygen atoms in total. The summed E-state index contributed by atoms with van der Waals surface area (Å²) in [5.41, 5.74) is 11.5. The van der Waals surface area contributed by atoms with Crippen molar-refractivity contribution >= 4 is 32.6 Å². The molecular formula is C44H39N. The molecule has 220 valence electrons. The van der Waals surface area contributed by atoms with Gasteiger partial charge in [-0.1, -0.05) is 150 Å². The standard InChI is InChI=1S/C29H21N.C8H10.C7H8/c1-20-15-17-24(25-12-6-5-11-23(20)25)21-16-18-29-27(19-21)26-13-7-8-14-28(26)30(29)22-9-3-2-4-10-22;1-7-4-3-5-8(2)6-7;1-7-5-3-2-4-6-7/h2-19H,1H3;3-6H,1-2H3;2-6H,1H3. The molecular weight excluding hydrogens is 542 g/mol. The number of rotatable bonds is 2. The number of hydrogen-bond acceptors (Lipinski definition) is 0. The molecule has 0 spiro atoms. The van der Waals surface area contributed by atoms with Gasteiger partial charge >= 0.3 is 0 Å². The number of nitrogens with zero attached hydrogens (tertiary/aromatic N) is 1. The van der Waals surface area contributed by atoms with Crippen LogP contribution in [0.4, 0.5) is 0 Å². The van der Waals surface area contributed by atoms with Crippen LogP contribution in [0.1, 0.15) is 22.3 Å². The van der Waals surface area contributed by atoms with Crippen LogP contribution in [-0.2, 0) is 0 Å². The van der Waals surface area contributed by atoms with Crippen molar-refractivity contribution in [3.8, 4) is 16.8 Å². The Morgan fingerprint density at radius 3 is 1.53 bits per heavy atom. The quantitative estimate of drug-likeness (QED) is 0.191. The maximum Gasteiger partial charge on any atom is 0.0541 e. The molecule has 0 aliphatic carbocycles. The highest BCUT2D eigenvalue weighted by Crippen LogP contribution is 2.37. The van der Waals surface area contributed by atoms with Crippen molar-refractivity contribution in [1.29, 1.82) is 0 Å². The third kappa shape index (κ3) is 6.59. The van der Waals surface area contributed by atoms with E-state index in [1.54, 1.807) is 0 Å². The molecule has 0 aliphatic heterocycles. The Morgan fingerprint density at radius 1 is 0.356 bits per heavy atom. The second kappa shape index (κ2) is 13.5. The van der Waals surface area contributed by atoms with E-state index in [0.717, 1.165) is 0 Å². The predicted molar refractivity (Wildman–Crippen MR) is 196 cm³/mol. The molecule has 0 unspecified atom stereocenters. The molecule has 0 aliphatic rings. The van der Waals surface area contributed by atoms with E-state index in [4.69, 9.17) is 0 Å². The van der Waals surface area contributed by atoms with Gasteiger partial charge in [0.25, 0.3) is 0 Å². The van der Waals surface area contributed by atoms with Gasteiger partial charge in [-0.3, -0.25) is 0 Å². The second-order valence-corrected chi connectivity index (χ2v) is 11.7. The summed E-state index contributed by atoms with van der Waals surface area (Å²) in [7, 11) is 0. The third-order valence-corrected chi connectivity index (χ3v) is 8.25. The Kier molecular flexibility index (Phi) is 8.89. The summed E-state index contributed by atoms with van der Waals surface area (Å²) in [5.74, 6) is 0. The van der Waals surface area contributed by atoms with E-state index in [1.165, 1.54) is 71.6 Å². The summed E-state index contributed by atoms with van der Waals surface area (Å²) in [6.45, 7) is 8.47. The van der Waals surface area contributed by atoms with Crippen molar-refractivity contribution in [2.45, 2.75) is 27.7 Å². The molecule has 7 aromatic carbocycles. The van der Waals surface area contributed by atoms with Gasteiger partial charge in [-0.2, -0.15) is 0 Å². The van der Waals surface area contributed by atoms with Gasteiger partial charge in [0, 0.05) is 16.5 Å². The Morgan fingerprint density at radius 2 is 0.911 bits per heavy atom. The zero-order valence-corrected chi connectivity index (χ0v) is 26.5. The Labute approximate surface area is 267 Å². The van der Waals surface area contributed by atoms with Crippen molar-refractivity contribution in [2.24, 2.45) is 0 Å². The van der Waals surface area contributed by atoms with Gasteiger partial charge in [0.2, 0.25) is 0 Å². The normalized spacial score (nSPS) is 10.7. The first-order valence-corrected chi connectivity index (χ1v) is 15.6. The van der Waals surface area contributed by atoms with Crippen LogP contribution in [0.5, 0.6) is 0 Å². The Balaban J connectivity index is 0.000000195. The van der Waals surface area contributed by atoms with Gasteiger partial charge in [-0.15, -0.1) is 0 Å². The van der Waals surface area contributed by atoms with Crippen LogP contribution in [0.15, 0.2) is 164 Å². The minimum absolute atomic E-state index is 1.19. The molecule has 0 atom stereocenters. The second-order valence-electron chi connectivity index (χ2n) is 11.7. The minimum atomic E-state index is 1.19. The molecule has 0 radical (unpaired) electrons. The van der Waals surface area contributed by atoms with Gasteiger partial charge in [0.05, 0.1) is 11.0 Å². The first kappa shape index (κ1) is 29.7. The highest BCUT2D eigenvalue weighted by Gasteiger charge is 2.14. The highest BCUT2D eigenvalue weighted by molar-refractivity contribution is 6.11. The average molecular weight is 582 g/mol. The highest BCUT2D eigenvalue weighted by atomic mass is 15.0. The maximum atomic E-state index is 2.36. The summed E-state index contributed by atoms with van der Waals surface area (Å²) >= 11 is 0. The van der Waals surface area contributed by atoms with Gasteiger partial charge in [0.15, 0.2) is 0 Å². The number of aromatic nitrogens is 1. The number of hydrogen-bond donors (Lipinski definition) is 0. The van der Waals surface area contributed by atoms with Gasteiger partial charge in [-0.05, 0) is 85.5 Å². The monoisotopic (exact) mass is 581 g/mol. The van der Waals surface area contributed by atoms with Crippen molar-refractivity contribution in [3.63, 3.8) is 0 Å². The number of benzene rings is 7. The first-order chi connectivity index (χ1) is 22.0. The number of fused-ring (bicyclic) bond motifs is 4.